The van der Waals surface area contributed by atoms with Gasteiger partial charge in [0.05, 0.1) is 6.54 Å². The lowest BCUT2D eigenvalue weighted by Gasteiger charge is -2.08. The third-order valence-electron chi connectivity index (χ3n) is 2.87. The fourth-order valence-corrected chi connectivity index (χ4v) is 2.62. The predicted octanol–water partition coefficient (Wildman–Crippen LogP) is 2.45. The van der Waals surface area contributed by atoms with Crippen LogP contribution in [0.25, 0.3) is 0 Å². The molecule has 3 N–H and O–H groups in total. The van der Waals surface area contributed by atoms with Crippen LogP contribution in [0.1, 0.15) is 29.9 Å². The van der Waals surface area contributed by atoms with Crippen molar-refractivity contribution in [3.63, 3.8) is 0 Å². The highest BCUT2D eigenvalue weighted by molar-refractivity contribution is 7.14. The molecular weight excluding hydrogens is 312 g/mol. The van der Waals surface area contributed by atoms with Crippen LogP contribution in [0.4, 0.5) is 10.8 Å². The van der Waals surface area contributed by atoms with Gasteiger partial charge in [0.1, 0.15) is 5.69 Å². The highest BCUT2D eigenvalue weighted by Crippen LogP contribution is 2.21. The number of aromatic nitrogens is 1. The molecule has 1 aromatic heterocycles. The standard InChI is InChI=1S/C16H20N4O2S/c1-10(2)18-14(21)8-17-15(22)13-9-23-16(20-13)19-12-6-4-5-11(3)7-12/h4-7,9-10H,8H2,1-3H3,(H,17,22)(H,18,21)(H,19,20). The minimum Gasteiger partial charge on any atom is -0.352 e. The van der Waals surface area contributed by atoms with Gasteiger partial charge in [-0.2, -0.15) is 0 Å². The summed E-state index contributed by atoms with van der Waals surface area (Å²) in [4.78, 5) is 27.7. The molecule has 0 aliphatic rings. The van der Waals surface area contributed by atoms with Crippen molar-refractivity contribution in [2.24, 2.45) is 0 Å². The van der Waals surface area contributed by atoms with Crippen LogP contribution in [0.15, 0.2) is 29.6 Å². The van der Waals surface area contributed by atoms with Crippen LogP contribution in [0.2, 0.25) is 0 Å². The van der Waals surface area contributed by atoms with Crippen LogP contribution < -0.4 is 16.0 Å². The maximum atomic E-state index is 12.0. The summed E-state index contributed by atoms with van der Waals surface area (Å²) in [5, 5.41) is 10.7. The van der Waals surface area contributed by atoms with E-state index in [9.17, 15) is 9.59 Å². The van der Waals surface area contributed by atoms with Gasteiger partial charge >= 0.3 is 0 Å². The molecule has 7 heteroatoms. The quantitative estimate of drug-likeness (QED) is 0.759. The van der Waals surface area contributed by atoms with Gasteiger partial charge in [0.2, 0.25) is 5.91 Å². The molecule has 0 saturated heterocycles. The second-order valence-corrected chi connectivity index (χ2v) is 6.30. The SMILES string of the molecule is Cc1cccc(Nc2nc(C(=O)NCC(=O)NC(C)C)cs2)c1. The van der Waals surface area contributed by atoms with Gasteiger partial charge in [-0.1, -0.05) is 12.1 Å². The summed E-state index contributed by atoms with van der Waals surface area (Å²) < 4.78 is 0. The van der Waals surface area contributed by atoms with E-state index < -0.39 is 0 Å². The summed E-state index contributed by atoms with van der Waals surface area (Å²) >= 11 is 1.34. The molecule has 2 amide bonds. The largest absolute Gasteiger partial charge is 0.352 e. The molecule has 2 rings (SSSR count). The monoisotopic (exact) mass is 332 g/mol. The molecule has 0 fully saturated rings. The Labute approximate surface area is 139 Å². The topological polar surface area (TPSA) is 83.1 Å². The van der Waals surface area contributed by atoms with E-state index in [0.29, 0.717) is 10.8 Å². The first-order valence-corrected chi connectivity index (χ1v) is 8.19. The summed E-state index contributed by atoms with van der Waals surface area (Å²) in [6.45, 7) is 5.68. The fraction of sp³-hybridized carbons (Fsp3) is 0.312. The van der Waals surface area contributed by atoms with Crippen molar-refractivity contribution >= 4 is 34.0 Å². The number of benzene rings is 1. The maximum Gasteiger partial charge on any atom is 0.271 e. The molecule has 1 aromatic carbocycles. The van der Waals surface area contributed by atoms with Gasteiger partial charge < -0.3 is 16.0 Å². The van der Waals surface area contributed by atoms with Gasteiger partial charge in [0.15, 0.2) is 5.13 Å². The number of aryl methyl sites for hydroxylation is 1. The molecule has 122 valence electrons. The molecule has 0 atom stereocenters. The Morgan fingerprint density at radius 3 is 2.78 bits per heavy atom. The molecule has 1 heterocycles. The minimum absolute atomic E-state index is 0.0452. The second kappa shape index (κ2) is 7.73. The van der Waals surface area contributed by atoms with Crippen LogP contribution >= 0.6 is 11.3 Å². The van der Waals surface area contributed by atoms with Gasteiger partial charge in [0, 0.05) is 17.1 Å². The highest BCUT2D eigenvalue weighted by Gasteiger charge is 2.12. The number of anilines is 2. The lowest BCUT2D eigenvalue weighted by Crippen LogP contribution is -2.39. The van der Waals surface area contributed by atoms with Gasteiger partial charge in [-0.3, -0.25) is 9.59 Å². The molecule has 0 aliphatic carbocycles. The normalized spacial score (nSPS) is 10.4. The third kappa shape index (κ3) is 5.37. The number of rotatable bonds is 6. The number of hydrogen-bond acceptors (Lipinski definition) is 5. The molecule has 6 nitrogen and oxygen atoms in total. The Kier molecular flexibility index (Phi) is 5.70. The van der Waals surface area contributed by atoms with E-state index in [-0.39, 0.29) is 24.4 Å². The first-order valence-electron chi connectivity index (χ1n) is 7.31. The van der Waals surface area contributed by atoms with Crippen molar-refractivity contribution in [1.29, 1.82) is 0 Å². The van der Waals surface area contributed by atoms with Gasteiger partial charge in [-0.15, -0.1) is 11.3 Å². The van der Waals surface area contributed by atoms with Crippen molar-refractivity contribution < 1.29 is 9.59 Å². The average Bonchev–Trinajstić information content (AvgIpc) is 2.92. The summed E-state index contributed by atoms with van der Waals surface area (Å²) in [7, 11) is 0. The third-order valence-corrected chi connectivity index (χ3v) is 3.62. The molecule has 0 unspecified atom stereocenters. The van der Waals surface area contributed by atoms with Gasteiger partial charge in [-0.25, -0.2) is 4.98 Å². The summed E-state index contributed by atoms with van der Waals surface area (Å²) in [5.74, 6) is -0.584. The van der Waals surface area contributed by atoms with Crippen LogP contribution in [0.3, 0.4) is 0 Å². The Bertz CT molecular complexity index is 697. The smallest absolute Gasteiger partial charge is 0.271 e. The Hall–Kier alpha value is -2.41. The Morgan fingerprint density at radius 1 is 1.30 bits per heavy atom. The Balaban J connectivity index is 1.91. The van der Waals surface area contributed by atoms with E-state index in [4.69, 9.17) is 0 Å². The molecule has 2 aromatic rings. The number of nitrogens with zero attached hydrogens (tertiary/aromatic N) is 1. The number of nitrogens with one attached hydrogen (secondary N) is 3. The average molecular weight is 332 g/mol. The zero-order valence-corrected chi connectivity index (χ0v) is 14.2. The van der Waals surface area contributed by atoms with Crippen LogP contribution in [-0.4, -0.2) is 29.4 Å². The van der Waals surface area contributed by atoms with E-state index in [1.807, 2.05) is 45.0 Å². The maximum absolute atomic E-state index is 12.0. The molecule has 0 radical (unpaired) electrons. The first-order chi connectivity index (χ1) is 10.9. The van der Waals surface area contributed by atoms with Crippen LogP contribution in [0.5, 0.6) is 0 Å². The van der Waals surface area contributed by atoms with E-state index in [1.165, 1.54) is 11.3 Å². The number of thiazole rings is 1. The molecule has 0 spiro atoms. The lowest BCUT2D eigenvalue weighted by molar-refractivity contribution is -0.120. The van der Waals surface area contributed by atoms with E-state index in [1.54, 1.807) is 5.38 Å². The number of hydrogen-bond donors (Lipinski definition) is 3. The van der Waals surface area contributed by atoms with Crippen molar-refractivity contribution in [3.05, 3.63) is 40.9 Å². The van der Waals surface area contributed by atoms with Crippen LogP contribution in [0, 0.1) is 6.92 Å². The second-order valence-electron chi connectivity index (χ2n) is 5.44. The fourth-order valence-electron chi connectivity index (χ4n) is 1.91. The van der Waals surface area contributed by atoms with Crippen molar-refractivity contribution in [3.8, 4) is 0 Å². The van der Waals surface area contributed by atoms with E-state index in [2.05, 4.69) is 20.9 Å². The molecule has 23 heavy (non-hydrogen) atoms. The van der Waals surface area contributed by atoms with Crippen molar-refractivity contribution in [2.75, 3.05) is 11.9 Å². The molecule has 0 saturated carbocycles. The number of carbonyl (C=O) groups excluding carboxylic acids is 2. The van der Waals surface area contributed by atoms with Crippen molar-refractivity contribution in [2.45, 2.75) is 26.8 Å². The lowest BCUT2D eigenvalue weighted by atomic mass is 10.2. The van der Waals surface area contributed by atoms with Crippen molar-refractivity contribution in [1.82, 2.24) is 15.6 Å². The van der Waals surface area contributed by atoms with Gasteiger partial charge in [0.25, 0.3) is 5.91 Å². The van der Waals surface area contributed by atoms with Crippen LogP contribution in [-0.2, 0) is 4.79 Å². The predicted molar refractivity (Wildman–Crippen MR) is 92.2 cm³/mol. The molecule has 0 bridgehead atoms. The first kappa shape index (κ1) is 17.0. The highest BCUT2D eigenvalue weighted by atomic mass is 32.1. The molecular formula is C16H20N4O2S. The zero-order valence-electron chi connectivity index (χ0n) is 13.3. The Morgan fingerprint density at radius 2 is 2.09 bits per heavy atom. The summed E-state index contributed by atoms with van der Waals surface area (Å²) in [6.07, 6.45) is 0. The zero-order chi connectivity index (χ0) is 16.8. The van der Waals surface area contributed by atoms with E-state index >= 15 is 0 Å². The van der Waals surface area contributed by atoms with E-state index in [0.717, 1.165) is 11.3 Å². The van der Waals surface area contributed by atoms with Gasteiger partial charge in [-0.05, 0) is 38.5 Å². The number of amides is 2. The minimum atomic E-state index is -0.363. The summed E-state index contributed by atoms with van der Waals surface area (Å²) in [5.41, 5.74) is 2.35. The summed E-state index contributed by atoms with van der Waals surface area (Å²) in [6, 6.07) is 7.94. The molecule has 0 aliphatic heterocycles. The number of carbonyl (C=O) groups is 2.